The minimum atomic E-state index is -0.554. The molecular weight excluding hydrogens is 466 g/mol. The van der Waals surface area contributed by atoms with E-state index in [0.29, 0.717) is 13.2 Å². The van der Waals surface area contributed by atoms with Crippen LogP contribution in [0.15, 0.2) is 36.8 Å². The Balaban J connectivity index is 1.53. The number of aryl methyl sites for hydroxylation is 1. The van der Waals surface area contributed by atoms with E-state index in [1.807, 2.05) is 45.3 Å². The monoisotopic (exact) mass is 503 g/mol. The number of aromatic nitrogens is 4. The number of H-pyrrole nitrogens is 1. The molecule has 4 heterocycles. The molecule has 0 radical (unpaired) electrons. The lowest BCUT2D eigenvalue weighted by molar-refractivity contribution is -0.100. The van der Waals surface area contributed by atoms with Crippen LogP contribution < -0.4 is 0 Å². The van der Waals surface area contributed by atoms with E-state index >= 15 is 0 Å². The van der Waals surface area contributed by atoms with Crippen molar-refractivity contribution in [2.45, 2.75) is 78.6 Å². The summed E-state index contributed by atoms with van der Waals surface area (Å²) in [5.74, 6) is 0.287. The molecule has 0 saturated carbocycles. The molecule has 8 heteroatoms. The van der Waals surface area contributed by atoms with Crippen molar-refractivity contribution in [3.63, 3.8) is 0 Å². The second-order valence-electron chi connectivity index (χ2n) is 12.0. The molecule has 1 saturated heterocycles. The number of rotatable bonds is 3. The molecule has 8 nitrogen and oxygen atoms in total. The van der Waals surface area contributed by atoms with Crippen LogP contribution in [-0.2, 0) is 9.47 Å². The number of carbonyl (C=O) groups excluding carboxylic acids is 1. The maximum Gasteiger partial charge on any atom is 0.410 e. The molecule has 1 unspecified atom stereocenters. The van der Waals surface area contributed by atoms with Gasteiger partial charge in [-0.3, -0.25) is 4.90 Å². The van der Waals surface area contributed by atoms with Crippen LogP contribution in [0.5, 0.6) is 0 Å². The number of morpholine rings is 1. The minimum Gasteiger partial charge on any atom is -0.444 e. The zero-order valence-corrected chi connectivity index (χ0v) is 23.0. The molecule has 1 aliphatic heterocycles. The van der Waals surface area contributed by atoms with Crippen LogP contribution >= 0.6 is 0 Å². The van der Waals surface area contributed by atoms with Crippen LogP contribution in [0, 0.1) is 6.92 Å². The van der Waals surface area contributed by atoms with Gasteiger partial charge in [0.15, 0.2) is 5.65 Å². The van der Waals surface area contributed by atoms with Crippen LogP contribution in [0.25, 0.3) is 27.8 Å². The number of nitrogens with zero attached hydrogens (tertiary/aromatic N) is 4. The largest absolute Gasteiger partial charge is 0.444 e. The van der Waals surface area contributed by atoms with E-state index in [0.717, 1.165) is 38.9 Å². The highest BCUT2D eigenvalue weighted by Crippen LogP contribution is 2.39. The van der Waals surface area contributed by atoms with Gasteiger partial charge in [0.05, 0.1) is 24.4 Å². The number of hydrogen-bond donors (Lipinski definition) is 1. The quantitative estimate of drug-likeness (QED) is 0.350. The SMILES string of the molecule is Cc1cc(-c2[nH]c3ccc(C4CN(C(=O)OC(C)(C)C)C(C)(C)CO4)cc3c2C(C)C)cn2ncnc12. The van der Waals surface area contributed by atoms with Gasteiger partial charge in [0.1, 0.15) is 18.0 Å². The van der Waals surface area contributed by atoms with Gasteiger partial charge in [-0.25, -0.2) is 14.3 Å². The van der Waals surface area contributed by atoms with Crippen molar-refractivity contribution in [2.75, 3.05) is 13.2 Å². The fourth-order valence-corrected chi connectivity index (χ4v) is 5.18. The summed E-state index contributed by atoms with van der Waals surface area (Å²) in [6, 6.07) is 8.57. The highest BCUT2D eigenvalue weighted by atomic mass is 16.6. The fourth-order valence-electron chi connectivity index (χ4n) is 5.18. The van der Waals surface area contributed by atoms with Gasteiger partial charge in [-0.1, -0.05) is 19.9 Å². The normalized spacial score (nSPS) is 18.2. The number of ether oxygens (including phenoxy) is 2. The summed E-state index contributed by atoms with van der Waals surface area (Å²) in [6.45, 7) is 17.0. The van der Waals surface area contributed by atoms with E-state index in [-0.39, 0.29) is 18.1 Å². The fraction of sp³-hybridized carbons (Fsp3) is 0.483. The number of aromatic amines is 1. The zero-order valence-electron chi connectivity index (χ0n) is 23.0. The Bertz CT molecular complexity index is 1470. The van der Waals surface area contributed by atoms with Gasteiger partial charge in [-0.2, -0.15) is 5.10 Å². The van der Waals surface area contributed by atoms with E-state index in [1.165, 1.54) is 5.56 Å². The summed E-state index contributed by atoms with van der Waals surface area (Å²) in [5, 5.41) is 5.52. The van der Waals surface area contributed by atoms with Crippen LogP contribution in [0.2, 0.25) is 0 Å². The molecule has 4 aromatic rings. The van der Waals surface area contributed by atoms with E-state index in [9.17, 15) is 4.79 Å². The van der Waals surface area contributed by atoms with Crippen molar-refractivity contribution in [1.82, 2.24) is 24.5 Å². The molecule has 1 aromatic carbocycles. The van der Waals surface area contributed by atoms with Gasteiger partial charge in [0.25, 0.3) is 0 Å². The predicted octanol–water partition coefficient (Wildman–Crippen LogP) is 6.40. The maximum atomic E-state index is 13.1. The Morgan fingerprint density at radius 1 is 1.24 bits per heavy atom. The molecular formula is C29H37N5O3. The van der Waals surface area contributed by atoms with Gasteiger partial charge in [0, 0.05) is 22.7 Å². The third kappa shape index (κ3) is 4.70. The van der Waals surface area contributed by atoms with Crippen molar-refractivity contribution < 1.29 is 14.3 Å². The van der Waals surface area contributed by atoms with E-state index < -0.39 is 11.1 Å². The lowest BCUT2D eigenvalue weighted by Gasteiger charge is -2.45. The average Bonchev–Trinajstić information content (AvgIpc) is 3.42. The summed E-state index contributed by atoms with van der Waals surface area (Å²) in [6.07, 6.45) is 3.06. The second kappa shape index (κ2) is 8.87. The zero-order chi connectivity index (χ0) is 26.7. The van der Waals surface area contributed by atoms with Gasteiger partial charge in [0.2, 0.25) is 0 Å². The Morgan fingerprint density at radius 2 is 2.00 bits per heavy atom. The van der Waals surface area contributed by atoms with E-state index in [4.69, 9.17) is 9.47 Å². The second-order valence-corrected chi connectivity index (χ2v) is 12.0. The number of amides is 1. The molecule has 0 bridgehead atoms. The molecule has 5 rings (SSSR count). The van der Waals surface area contributed by atoms with Crippen molar-refractivity contribution >= 4 is 22.6 Å². The van der Waals surface area contributed by atoms with Crippen LogP contribution in [0.4, 0.5) is 4.79 Å². The maximum absolute atomic E-state index is 13.1. The number of carbonyl (C=O) groups is 1. The van der Waals surface area contributed by atoms with Crippen LogP contribution in [-0.4, -0.2) is 54.9 Å². The summed E-state index contributed by atoms with van der Waals surface area (Å²) in [5.41, 5.74) is 6.45. The number of fused-ring (bicyclic) bond motifs is 2. The number of hydrogen-bond acceptors (Lipinski definition) is 5. The Hall–Kier alpha value is -3.39. The topological polar surface area (TPSA) is 84.8 Å². The number of nitrogens with one attached hydrogen (secondary N) is 1. The van der Waals surface area contributed by atoms with Crippen molar-refractivity contribution in [2.24, 2.45) is 0 Å². The summed E-state index contributed by atoms with van der Waals surface area (Å²) in [7, 11) is 0. The molecule has 1 atom stereocenters. The minimum absolute atomic E-state index is 0.239. The third-order valence-electron chi connectivity index (χ3n) is 6.99. The highest BCUT2D eigenvalue weighted by Gasteiger charge is 2.40. The average molecular weight is 504 g/mol. The van der Waals surface area contributed by atoms with Gasteiger partial charge >= 0.3 is 6.09 Å². The Kier molecular flexibility index (Phi) is 6.06. The summed E-state index contributed by atoms with van der Waals surface area (Å²) < 4.78 is 13.9. The summed E-state index contributed by atoms with van der Waals surface area (Å²) >= 11 is 0. The number of benzene rings is 1. The predicted molar refractivity (Wildman–Crippen MR) is 145 cm³/mol. The number of pyridine rings is 1. The van der Waals surface area contributed by atoms with E-state index in [2.05, 4.69) is 60.1 Å². The van der Waals surface area contributed by atoms with Gasteiger partial charge in [-0.15, -0.1) is 0 Å². The molecule has 1 aliphatic rings. The van der Waals surface area contributed by atoms with Crippen molar-refractivity contribution in [1.29, 1.82) is 0 Å². The molecule has 0 spiro atoms. The smallest absolute Gasteiger partial charge is 0.410 e. The lowest BCUT2D eigenvalue weighted by atomic mass is 9.94. The molecule has 1 fully saturated rings. The van der Waals surface area contributed by atoms with Crippen LogP contribution in [0.3, 0.4) is 0 Å². The molecule has 3 aromatic heterocycles. The molecule has 196 valence electrons. The highest BCUT2D eigenvalue weighted by molar-refractivity contribution is 5.92. The first kappa shape index (κ1) is 25.3. The standard InChI is InChI=1S/C29H37N5O3/c1-17(2)24-21-12-19(23-14-33(29(7,8)15-36-23)27(35)37-28(4,5)6)9-10-22(21)32-25(24)20-11-18(3)26-30-16-31-34(26)13-20/h9-13,16-17,23,32H,14-15H2,1-8H3. The molecule has 0 aliphatic carbocycles. The van der Waals surface area contributed by atoms with E-state index in [1.54, 1.807) is 11.2 Å². The lowest BCUT2D eigenvalue weighted by Crippen LogP contribution is -2.57. The van der Waals surface area contributed by atoms with Gasteiger partial charge < -0.3 is 14.5 Å². The first-order valence-electron chi connectivity index (χ1n) is 12.9. The Labute approximate surface area is 218 Å². The molecule has 37 heavy (non-hydrogen) atoms. The molecule has 1 N–H and O–H groups in total. The molecule has 1 amide bonds. The third-order valence-corrected chi connectivity index (χ3v) is 6.99. The van der Waals surface area contributed by atoms with Crippen LogP contribution in [0.1, 0.15) is 77.2 Å². The first-order chi connectivity index (χ1) is 17.3. The van der Waals surface area contributed by atoms with Gasteiger partial charge in [-0.05, 0) is 82.3 Å². The van der Waals surface area contributed by atoms with Crippen molar-refractivity contribution in [3.05, 3.63) is 53.5 Å². The first-order valence-corrected chi connectivity index (χ1v) is 12.9. The summed E-state index contributed by atoms with van der Waals surface area (Å²) in [4.78, 5) is 22.9. The van der Waals surface area contributed by atoms with Crippen molar-refractivity contribution in [3.8, 4) is 11.3 Å². The Morgan fingerprint density at radius 3 is 2.70 bits per heavy atom.